The van der Waals surface area contributed by atoms with Crippen LogP contribution in [0.4, 0.5) is 4.79 Å². The smallest absolute Gasteiger partial charge is 0.324 e. The fourth-order valence-electron chi connectivity index (χ4n) is 2.79. The number of benzene rings is 1. The van der Waals surface area contributed by atoms with E-state index in [-0.39, 0.29) is 18.0 Å². The largest absolute Gasteiger partial charge is 0.336 e. The normalized spacial score (nSPS) is 16.8. The summed E-state index contributed by atoms with van der Waals surface area (Å²) >= 11 is 1.65. The van der Waals surface area contributed by atoms with E-state index >= 15 is 0 Å². The van der Waals surface area contributed by atoms with Gasteiger partial charge in [-0.2, -0.15) is 0 Å². The van der Waals surface area contributed by atoms with Crippen LogP contribution in [0.15, 0.2) is 41.8 Å². The number of aryl methyl sites for hydroxylation is 1. The Labute approximate surface area is 145 Å². The molecule has 1 fully saturated rings. The van der Waals surface area contributed by atoms with Gasteiger partial charge in [0.1, 0.15) is 0 Å². The van der Waals surface area contributed by atoms with E-state index in [1.54, 1.807) is 11.3 Å². The molecule has 0 unspecified atom stereocenters. The average Bonchev–Trinajstić information content (AvgIpc) is 3.24. The molecule has 5 nitrogen and oxygen atoms in total. The summed E-state index contributed by atoms with van der Waals surface area (Å²) in [6.07, 6.45) is 0. The Morgan fingerprint density at radius 3 is 2.62 bits per heavy atom. The lowest BCUT2D eigenvalue weighted by atomic mass is 10.0. The zero-order valence-electron chi connectivity index (χ0n) is 13.8. The summed E-state index contributed by atoms with van der Waals surface area (Å²) in [4.78, 5) is 26.7. The second-order valence-electron chi connectivity index (χ2n) is 5.97. The van der Waals surface area contributed by atoms with Crippen molar-refractivity contribution in [3.63, 3.8) is 0 Å². The van der Waals surface area contributed by atoms with Crippen molar-refractivity contribution in [3.8, 4) is 0 Å². The van der Waals surface area contributed by atoms with Crippen LogP contribution in [-0.4, -0.2) is 36.0 Å². The lowest BCUT2D eigenvalue weighted by Gasteiger charge is -2.25. The molecule has 2 aromatic rings. The molecule has 1 aromatic heterocycles. The first-order chi connectivity index (χ1) is 11.6. The number of hydrogen-bond acceptors (Lipinski definition) is 4. The highest BCUT2D eigenvalue weighted by molar-refractivity contribution is 7.10. The molecule has 1 aliphatic rings. The Morgan fingerprint density at radius 2 is 2.04 bits per heavy atom. The van der Waals surface area contributed by atoms with Crippen molar-refractivity contribution in [2.75, 3.05) is 13.1 Å². The van der Waals surface area contributed by atoms with Crippen LogP contribution >= 0.6 is 11.3 Å². The van der Waals surface area contributed by atoms with Gasteiger partial charge < -0.3 is 5.32 Å². The predicted molar refractivity (Wildman–Crippen MR) is 95.1 cm³/mol. The summed E-state index contributed by atoms with van der Waals surface area (Å²) in [5.74, 6) is -0.196. The fourth-order valence-corrected chi connectivity index (χ4v) is 3.61. The highest BCUT2D eigenvalue weighted by Crippen LogP contribution is 2.27. The Morgan fingerprint density at radius 1 is 1.29 bits per heavy atom. The van der Waals surface area contributed by atoms with E-state index < -0.39 is 6.04 Å². The van der Waals surface area contributed by atoms with Crippen LogP contribution in [0.3, 0.4) is 0 Å². The number of carbonyl (C=O) groups is 2. The van der Waals surface area contributed by atoms with E-state index in [0.29, 0.717) is 13.1 Å². The number of carbonyl (C=O) groups excluding carboxylic acids is 2. The third-order valence-corrected chi connectivity index (χ3v) is 5.09. The first-order valence-electron chi connectivity index (χ1n) is 8.01. The molecule has 24 heavy (non-hydrogen) atoms. The van der Waals surface area contributed by atoms with E-state index in [9.17, 15) is 9.59 Å². The molecule has 1 aromatic carbocycles. The Kier molecular flexibility index (Phi) is 4.97. The minimum atomic E-state index is -0.456. The van der Waals surface area contributed by atoms with Gasteiger partial charge in [-0.25, -0.2) is 4.79 Å². The minimum absolute atomic E-state index is 0.0739. The molecule has 3 rings (SSSR count). The lowest BCUT2D eigenvalue weighted by molar-refractivity contribution is -0.129. The molecular formula is C18H21N3O2S. The zero-order valence-corrected chi connectivity index (χ0v) is 14.6. The van der Waals surface area contributed by atoms with Crippen LogP contribution < -0.4 is 10.6 Å². The van der Waals surface area contributed by atoms with Gasteiger partial charge in [-0.05, 0) is 30.9 Å². The van der Waals surface area contributed by atoms with E-state index in [1.165, 1.54) is 10.5 Å². The quantitative estimate of drug-likeness (QED) is 0.877. The van der Waals surface area contributed by atoms with Crippen molar-refractivity contribution in [2.45, 2.75) is 25.9 Å². The molecular weight excluding hydrogens is 322 g/mol. The van der Waals surface area contributed by atoms with Crippen molar-refractivity contribution in [1.29, 1.82) is 0 Å². The molecule has 3 amide bonds. The zero-order chi connectivity index (χ0) is 17.1. The topological polar surface area (TPSA) is 61.4 Å². The van der Waals surface area contributed by atoms with Gasteiger partial charge in [0.05, 0.1) is 12.1 Å². The van der Waals surface area contributed by atoms with E-state index in [0.717, 1.165) is 10.4 Å². The summed E-state index contributed by atoms with van der Waals surface area (Å²) in [7, 11) is 0. The standard InChI is InChI=1S/C18H21N3O2S/c1-12-5-7-14(8-6-12)16(15-4-3-11-24-15)20-13(2)17(22)21-10-9-19-18(21)23/h3-8,11,13,16,20H,9-10H2,1-2H3,(H,19,23)/t13-,16+/m1/s1. The van der Waals surface area contributed by atoms with Gasteiger partial charge in [-0.3, -0.25) is 15.0 Å². The van der Waals surface area contributed by atoms with Crippen molar-refractivity contribution >= 4 is 23.3 Å². The van der Waals surface area contributed by atoms with Crippen LogP contribution in [-0.2, 0) is 4.79 Å². The second-order valence-corrected chi connectivity index (χ2v) is 6.95. The van der Waals surface area contributed by atoms with Crippen LogP contribution in [0, 0.1) is 6.92 Å². The van der Waals surface area contributed by atoms with Gasteiger partial charge in [0.15, 0.2) is 0 Å². The molecule has 2 heterocycles. The Bertz CT molecular complexity index is 712. The molecule has 0 saturated carbocycles. The fraction of sp³-hybridized carbons (Fsp3) is 0.333. The van der Waals surface area contributed by atoms with Crippen LogP contribution in [0.2, 0.25) is 0 Å². The lowest BCUT2D eigenvalue weighted by Crippen LogP contribution is -2.47. The minimum Gasteiger partial charge on any atom is -0.336 e. The number of hydrogen-bond donors (Lipinski definition) is 2. The van der Waals surface area contributed by atoms with E-state index in [2.05, 4.69) is 47.9 Å². The summed E-state index contributed by atoms with van der Waals surface area (Å²) in [5, 5.41) is 8.08. The van der Waals surface area contributed by atoms with Crippen molar-refractivity contribution < 1.29 is 9.59 Å². The monoisotopic (exact) mass is 343 g/mol. The first kappa shape index (κ1) is 16.7. The molecule has 0 radical (unpaired) electrons. The maximum absolute atomic E-state index is 12.6. The molecule has 1 saturated heterocycles. The predicted octanol–water partition coefficient (Wildman–Crippen LogP) is 2.68. The number of urea groups is 1. The Hall–Kier alpha value is -2.18. The molecule has 2 atom stereocenters. The third-order valence-electron chi connectivity index (χ3n) is 4.15. The summed E-state index contributed by atoms with van der Waals surface area (Å²) < 4.78 is 0. The van der Waals surface area contributed by atoms with Gasteiger partial charge in [0, 0.05) is 18.0 Å². The molecule has 126 valence electrons. The van der Waals surface area contributed by atoms with Crippen molar-refractivity contribution in [1.82, 2.24) is 15.5 Å². The van der Waals surface area contributed by atoms with Gasteiger partial charge >= 0.3 is 6.03 Å². The summed E-state index contributed by atoms with van der Waals surface area (Å²) in [6.45, 7) is 4.81. The molecule has 0 bridgehead atoms. The Balaban J connectivity index is 1.80. The number of nitrogens with one attached hydrogen (secondary N) is 2. The molecule has 0 spiro atoms. The number of thiophene rings is 1. The van der Waals surface area contributed by atoms with Crippen LogP contribution in [0.1, 0.15) is 29.0 Å². The first-order valence-corrected chi connectivity index (χ1v) is 8.89. The number of nitrogens with zero attached hydrogens (tertiary/aromatic N) is 1. The highest BCUT2D eigenvalue weighted by Gasteiger charge is 2.31. The van der Waals surface area contributed by atoms with Gasteiger partial charge in [-0.1, -0.05) is 35.9 Å². The number of rotatable bonds is 5. The maximum Gasteiger partial charge on any atom is 0.324 e. The SMILES string of the molecule is Cc1ccc([C@H](N[C@H](C)C(=O)N2CCNC2=O)c2cccs2)cc1. The molecule has 0 aliphatic carbocycles. The second kappa shape index (κ2) is 7.15. The van der Waals surface area contributed by atoms with Crippen LogP contribution in [0.5, 0.6) is 0 Å². The molecule has 2 N–H and O–H groups in total. The molecule has 6 heteroatoms. The summed E-state index contributed by atoms with van der Waals surface area (Å²) in [6, 6.07) is 11.5. The van der Waals surface area contributed by atoms with Gasteiger partial charge in [-0.15, -0.1) is 11.3 Å². The van der Waals surface area contributed by atoms with Crippen molar-refractivity contribution in [3.05, 3.63) is 57.8 Å². The third kappa shape index (κ3) is 3.49. The number of amides is 3. The van der Waals surface area contributed by atoms with Gasteiger partial charge in [0.2, 0.25) is 5.91 Å². The van der Waals surface area contributed by atoms with Crippen LogP contribution in [0.25, 0.3) is 0 Å². The van der Waals surface area contributed by atoms with Crippen molar-refractivity contribution in [2.24, 2.45) is 0 Å². The highest BCUT2D eigenvalue weighted by atomic mass is 32.1. The molecule has 1 aliphatic heterocycles. The number of imide groups is 1. The van der Waals surface area contributed by atoms with E-state index in [4.69, 9.17) is 0 Å². The summed E-state index contributed by atoms with van der Waals surface area (Å²) in [5.41, 5.74) is 2.30. The average molecular weight is 343 g/mol. The van der Waals surface area contributed by atoms with Gasteiger partial charge in [0.25, 0.3) is 0 Å². The maximum atomic E-state index is 12.6. The van der Waals surface area contributed by atoms with E-state index in [1.807, 2.05) is 18.4 Å².